The molecule has 5 nitrogen and oxygen atoms in total. The summed E-state index contributed by atoms with van der Waals surface area (Å²) in [4.78, 5) is 10.9. The number of nitro benzene ring substituents is 1. The number of benzene rings is 3. The van der Waals surface area contributed by atoms with Gasteiger partial charge in [0.25, 0.3) is 5.69 Å². The number of ether oxygens (including phenoxy) is 2. The van der Waals surface area contributed by atoms with Crippen LogP contribution >= 0.6 is 0 Å². The molecule has 0 radical (unpaired) electrons. The van der Waals surface area contributed by atoms with Gasteiger partial charge in [-0.05, 0) is 36.8 Å². The van der Waals surface area contributed by atoms with Crippen LogP contribution in [-0.4, -0.2) is 4.92 Å². The van der Waals surface area contributed by atoms with Gasteiger partial charge in [0.2, 0.25) is 0 Å². The van der Waals surface area contributed by atoms with Crippen molar-refractivity contribution in [2.24, 2.45) is 0 Å². The number of non-ortho nitro benzene ring substituents is 1. The summed E-state index contributed by atoms with van der Waals surface area (Å²) in [5.41, 5.74) is 2.51. The van der Waals surface area contributed by atoms with E-state index < -0.39 is 4.92 Å². The smallest absolute Gasteiger partial charge is 0.276 e. The number of rotatable bonds is 3. The van der Waals surface area contributed by atoms with Gasteiger partial charge in [-0.3, -0.25) is 10.1 Å². The lowest BCUT2D eigenvalue weighted by atomic mass is 10.1. The minimum absolute atomic E-state index is 0.0841. The second kappa shape index (κ2) is 6.37. The fourth-order valence-electron chi connectivity index (χ4n) is 2.83. The Labute approximate surface area is 150 Å². The molecule has 128 valence electrons. The number of nitrogens with zero attached hydrogens (tertiary/aromatic N) is 1. The minimum Gasteiger partial charge on any atom is -0.456 e. The van der Waals surface area contributed by atoms with Crippen molar-refractivity contribution in [3.63, 3.8) is 0 Å². The monoisotopic (exact) mass is 345 g/mol. The van der Waals surface area contributed by atoms with Gasteiger partial charge in [-0.2, -0.15) is 0 Å². The maximum Gasteiger partial charge on any atom is 0.276 e. The van der Waals surface area contributed by atoms with Crippen molar-refractivity contribution in [3.8, 4) is 23.0 Å². The van der Waals surface area contributed by atoms with E-state index >= 15 is 0 Å². The molecule has 26 heavy (non-hydrogen) atoms. The molecule has 0 bridgehead atoms. The van der Waals surface area contributed by atoms with Crippen LogP contribution in [-0.2, 0) is 0 Å². The van der Waals surface area contributed by atoms with Crippen molar-refractivity contribution in [1.82, 2.24) is 0 Å². The van der Waals surface area contributed by atoms with Crippen LogP contribution in [0, 0.1) is 17.0 Å². The van der Waals surface area contributed by atoms with E-state index in [0.29, 0.717) is 28.6 Å². The highest BCUT2D eigenvalue weighted by Gasteiger charge is 2.21. The van der Waals surface area contributed by atoms with Gasteiger partial charge in [-0.1, -0.05) is 36.4 Å². The molecule has 1 aliphatic rings. The lowest BCUT2D eigenvalue weighted by molar-refractivity contribution is -0.385. The van der Waals surface area contributed by atoms with Gasteiger partial charge in [-0.25, -0.2) is 0 Å². The van der Waals surface area contributed by atoms with Gasteiger partial charge in [0.1, 0.15) is 23.0 Å². The molecule has 4 rings (SSSR count). The first-order chi connectivity index (χ1) is 12.6. The Morgan fingerprint density at radius 3 is 2.62 bits per heavy atom. The van der Waals surface area contributed by atoms with Crippen LogP contribution < -0.4 is 9.47 Å². The Morgan fingerprint density at radius 1 is 0.962 bits per heavy atom. The summed E-state index contributed by atoms with van der Waals surface area (Å²) < 4.78 is 11.9. The van der Waals surface area contributed by atoms with E-state index in [1.165, 1.54) is 12.1 Å². The zero-order chi connectivity index (χ0) is 18.1. The van der Waals surface area contributed by atoms with E-state index in [2.05, 4.69) is 0 Å². The van der Waals surface area contributed by atoms with Crippen LogP contribution in [0.1, 0.15) is 16.7 Å². The van der Waals surface area contributed by atoms with Crippen molar-refractivity contribution < 1.29 is 14.4 Å². The Balaban J connectivity index is 1.85. The second-order valence-electron chi connectivity index (χ2n) is 6.00. The van der Waals surface area contributed by atoms with Gasteiger partial charge in [0, 0.05) is 5.56 Å². The maximum atomic E-state index is 11.4. The van der Waals surface area contributed by atoms with E-state index in [1.807, 2.05) is 67.6 Å². The van der Waals surface area contributed by atoms with Crippen LogP contribution in [0.2, 0.25) is 0 Å². The first kappa shape index (κ1) is 15.9. The molecular weight excluding hydrogens is 330 g/mol. The van der Waals surface area contributed by atoms with Crippen LogP contribution in [0.5, 0.6) is 23.0 Å². The maximum absolute atomic E-state index is 11.4. The Bertz CT molecular complexity index is 1040. The summed E-state index contributed by atoms with van der Waals surface area (Å²) in [6.07, 6.45) is 3.77. The number of hydrogen-bond donors (Lipinski definition) is 0. The largest absolute Gasteiger partial charge is 0.456 e. The molecule has 0 amide bonds. The van der Waals surface area contributed by atoms with Gasteiger partial charge in [0.05, 0.1) is 22.6 Å². The van der Waals surface area contributed by atoms with Crippen molar-refractivity contribution in [1.29, 1.82) is 0 Å². The Hall–Kier alpha value is -3.60. The van der Waals surface area contributed by atoms with E-state index in [4.69, 9.17) is 9.47 Å². The summed E-state index contributed by atoms with van der Waals surface area (Å²) in [7, 11) is 0. The molecule has 3 aromatic carbocycles. The van der Waals surface area contributed by atoms with Crippen LogP contribution in [0.15, 0.2) is 60.7 Å². The Kier molecular flexibility index (Phi) is 3.89. The lowest BCUT2D eigenvalue weighted by Crippen LogP contribution is -1.96. The molecule has 0 saturated carbocycles. The average molecular weight is 345 g/mol. The van der Waals surface area contributed by atoms with Crippen LogP contribution in [0.3, 0.4) is 0 Å². The van der Waals surface area contributed by atoms with Crippen molar-refractivity contribution in [3.05, 3.63) is 87.5 Å². The van der Waals surface area contributed by atoms with Gasteiger partial charge < -0.3 is 9.47 Å². The molecule has 5 heteroatoms. The highest BCUT2D eigenvalue weighted by Crippen LogP contribution is 2.42. The summed E-state index contributed by atoms with van der Waals surface area (Å²) in [5, 5.41) is 11.4. The average Bonchev–Trinajstić information content (AvgIpc) is 2.81. The fourth-order valence-corrected chi connectivity index (χ4v) is 2.83. The first-order valence-corrected chi connectivity index (χ1v) is 8.12. The molecule has 3 aromatic rings. The molecule has 1 aliphatic heterocycles. The third kappa shape index (κ3) is 3.02. The highest BCUT2D eigenvalue weighted by molar-refractivity contribution is 5.81. The molecule has 0 spiro atoms. The number of fused-ring (bicyclic) bond motifs is 2. The number of hydrogen-bond acceptors (Lipinski definition) is 4. The molecule has 1 heterocycles. The normalized spacial score (nSPS) is 11.7. The van der Waals surface area contributed by atoms with Crippen molar-refractivity contribution in [2.75, 3.05) is 0 Å². The standard InChI is InChI=1S/C21H15NO4/c1-14-5-4-7-17(11-14)25-20-12-16(22(23)24)13-21-18(20)10-9-15-6-2-3-8-19(15)26-21/h2-13H,1H3. The fraction of sp³-hybridized carbons (Fsp3) is 0.0476. The predicted octanol–water partition coefficient (Wildman–Crippen LogP) is 5.97. The summed E-state index contributed by atoms with van der Waals surface area (Å²) in [6.45, 7) is 1.96. The number of aryl methyl sites for hydroxylation is 1. The molecule has 0 aliphatic carbocycles. The van der Waals surface area contributed by atoms with E-state index in [9.17, 15) is 10.1 Å². The zero-order valence-corrected chi connectivity index (χ0v) is 14.0. The van der Waals surface area contributed by atoms with Gasteiger partial charge in [0.15, 0.2) is 0 Å². The van der Waals surface area contributed by atoms with E-state index in [0.717, 1.165) is 11.1 Å². The number of nitro groups is 1. The molecule has 0 atom stereocenters. The van der Waals surface area contributed by atoms with Gasteiger partial charge >= 0.3 is 0 Å². The lowest BCUT2D eigenvalue weighted by Gasteiger charge is -2.13. The van der Waals surface area contributed by atoms with Crippen LogP contribution in [0.4, 0.5) is 5.69 Å². The molecule has 0 unspecified atom stereocenters. The SMILES string of the molecule is Cc1cccc(Oc2cc([N+](=O)[O-])cc3c2C=Cc2ccccc2O3)c1. The van der Waals surface area contributed by atoms with Crippen molar-refractivity contribution >= 4 is 17.8 Å². The number of para-hydroxylation sites is 1. The summed E-state index contributed by atoms with van der Waals surface area (Å²) in [5.74, 6) is 2.03. The van der Waals surface area contributed by atoms with Crippen LogP contribution in [0.25, 0.3) is 12.2 Å². The van der Waals surface area contributed by atoms with Crippen molar-refractivity contribution in [2.45, 2.75) is 6.92 Å². The summed E-state index contributed by atoms with van der Waals surface area (Å²) >= 11 is 0. The molecule has 0 saturated heterocycles. The van der Waals surface area contributed by atoms with E-state index in [1.54, 1.807) is 0 Å². The Morgan fingerprint density at radius 2 is 1.81 bits per heavy atom. The highest BCUT2D eigenvalue weighted by atomic mass is 16.6. The molecule has 0 fully saturated rings. The molecular formula is C21H15NO4. The van der Waals surface area contributed by atoms with Gasteiger partial charge in [-0.15, -0.1) is 0 Å². The predicted molar refractivity (Wildman–Crippen MR) is 99.8 cm³/mol. The quantitative estimate of drug-likeness (QED) is 0.339. The topological polar surface area (TPSA) is 61.6 Å². The third-order valence-corrected chi connectivity index (χ3v) is 4.09. The second-order valence-corrected chi connectivity index (χ2v) is 6.00. The minimum atomic E-state index is -0.451. The molecule has 0 aromatic heterocycles. The third-order valence-electron chi connectivity index (χ3n) is 4.09. The first-order valence-electron chi connectivity index (χ1n) is 8.12. The zero-order valence-electron chi connectivity index (χ0n) is 14.0. The van der Waals surface area contributed by atoms with E-state index in [-0.39, 0.29) is 5.69 Å². The molecule has 0 N–H and O–H groups in total. The summed E-state index contributed by atoms with van der Waals surface area (Å²) in [6, 6.07) is 17.9.